The maximum Gasteiger partial charge on any atom is 0.242 e. The van der Waals surface area contributed by atoms with Gasteiger partial charge in [-0.3, -0.25) is 9.59 Å². The second-order valence-electron chi connectivity index (χ2n) is 5.74. The van der Waals surface area contributed by atoms with Gasteiger partial charge in [-0.15, -0.1) is 11.3 Å². The molecule has 2 heterocycles. The normalized spacial score (nSPS) is 21.0. The van der Waals surface area contributed by atoms with E-state index in [1.54, 1.807) is 0 Å². The maximum atomic E-state index is 11.8. The first-order chi connectivity index (χ1) is 10.2. The van der Waals surface area contributed by atoms with E-state index in [-0.39, 0.29) is 17.9 Å². The van der Waals surface area contributed by atoms with Crippen LogP contribution in [0, 0.1) is 0 Å². The van der Waals surface area contributed by atoms with Crippen LogP contribution in [0.25, 0.3) is 0 Å². The molecule has 2 aliphatic rings. The Hall–Kier alpha value is -1.43. The first-order valence-corrected chi connectivity index (χ1v) is 8.58. The maximum absolute atomic E-state index is 11.8. The van der Waals surface area contributed by atoms with Gasteiger partial charge in [-0.25, -0.2) is 4.98 Å². The van der Waals surface area contributed by atoms with Crippen LogP contribution >= 0.6 is 11.3 Å². The number of hydrogen-bond donors (Lipinski definition) is 2. The summed E-state index contributed by atoms with van der Waals surface area (Å²) in [5, 5.41) is 6.78. The highest BCUT2D eigenvalue weighted by Gasteiger charge is 2.26. The molecule has 1 saturated heterocycles. The van der Waals surface area contributed by atoms with Crippen LogP contribution in [0.15, 0.2) is 0 Å². The average molecular weight is 307 g/mol. The zero-order valence-electron chi connectivity index (χ0n) is 12.1. The number of carbonyl (C=O) groups excluding carboxylic acids is 2. The standard InChI is InChI=1S/C15H21N3O2S/c19-13-8-7-11(17-13)15(20)16-9-3-6-14-18-10-4-1-2-5-12(10)21-14/h11H,1-9H2,(H,16,20)(H,17,19). The molecule has 0 bridgehead atoms. The number of aryl methyl sites for hydroxylation is 3. The van der Waals surface area contributed by atoms with E-state index in [9.17, 15) is 9.59 Å². The minimum atomic E-state index is -0.329. The van der Waals surface area contributed by atoms with E-state index in [2.05, 4.69) is 10.6 Å². The number of nitrogens with zero attached hydrogens (tertiary/aromatic N) is 1. The van der Waals surface area contributed by atoms with Crippen LogP contribution in [0.5, 0.6) is 0 Å². The molecule has 1 unspecified atom stereocenters. The third-order valence-electron chi connectivity index (χ3n) is 4.07. The van der Waals surface area contributed by atoms with Gasteiger partial charge < -0.3 is 10.6 Å². The molecule has 2 amide bonds. The second kappa shape index (κ2) is 6.56. The van der Waals surface area contributed by atoms with E-state index in [4.69, 9.17) is 4.98 Å². The zero-order chi connectivity index (χ0) is 14.7. The Morgan fingerprint density at radius 3 is 2.95 bits per heavy atom. The smallest absolute Gasteiger partial charge is 0.242 e. The van der Waals surface area contributed by atoms with Gasteiger partial charge in [0, 0.05) is 24.3 Å². The highest BCUT2D eigenvalue weighted by Crippen LogP contribution is 2.27. The summed E-state index contributed by atoms with van der Waals surface area (Å²) in [5.74, 6) is -0.0807. The Bertz CT molecular complexity index is 518. The minimum absolute atomic E-state index is 0.0245. The Kier molecular flexibility index (Phi) is 4.53. The van der Waals surface area contributed by atoms with Crippen molar-refractivity contribution in [3.05, 3.63) is 15.6 Å². The zero-order valence-corrected chi connectivity index (χ0v) is 12.9. The molecule has 114 valence electrons. The van der Waals surface area contributed by atoms with Gasteiger partial charge in [-0.2, -0.15) is 0 Å². The van der Waals surface area contributed by atoms with E-state index in [1.165, 1.54) is 34.8 Å². The van der Waals surface area contributed by atoms with Crippen molar-refractivity contribution in [2.24, 2.45) is 0 Å². The molecular formula is C15H21N3O2S. The predicted molar refractivity (Wildman–Crippen MR) is 81.3 cm³/mol. The monoisotopic (exact) mass is 307 g/mol. The van der Waals surface area contributed by atoms with Gasteiger partial charge in [-0.05, 0) is 38.5 Å². The number of thiazole rings is 1. The molecule has 6 heteroatoms. The predicted octanol–water partition coefficient (Wildman–Crippen LogP) is 1.35. The molecule has 0 spiro atoms. The molecule has 21 heavy (non-hydrogen) atoms. The number of fused-ring (bicyclic) bond motifs is 1. The van der Waals surface area contributed by atoms with Crippen molar-refractivity contribution in [1.82, 2.24) is 15.6 Å². The van der Waals surface area contributed by atoms with Gasteiger partial charge in [0.1, 0.15) is 6.04 Å². The topological polar surface area (TPSA) is 71.1 Å². The number of carbonyl (C=O) groups is 2. The molecule has 1 atom stereocenters. The van der Waals surface area contributed by atoms with E-state index in [1.807, 2.05) is 11.3 Å². The van der Waals surface area contributed by atoms with Gasteiger partial charge >= 0.3 is 0 Å². The van der Waals surface area contributed by atoms with Gasteiger partial charge in [0.05, 0.1) is 10.7 Å². The second-order valence-corrected chi connectivity index (χ2v) is 6.91. The van der Waals surface area contributed by atoms with E-state index in [0.717, 1.165) is 19.3 Å². The van der Waals surface area contributed by atoms with E-state index < -0.39 is 0 Å². The third-order valence-corrected chi connectivity index (χ3v) is 5.29. The molecule has 3 rings (SSSR count). The van der Waals surface area contributed by atoms with Crippen molar-refractivity contribution in [3.63, 3.8) is 0 Å². The largest absolute Gasteiger partial charge is 0.354 e. The van der Waals surface area contributed by atoms with Crippen molar-refractivity contribution in [2.75, 3.05) is 6.54 Å². The highest BCUT2D eigenvalue weighted by molar-refractivity contribution is 7.11. The molecule has 0 aromatic carbocycles. The van der Waals surface area contributed by atoms with Gasteiger partial charge in [0.2, 0.25) is 11.8 Å². The molecule has 1 aromatic heterocycles. The Balaban J connectivity index is 1.39. The summed E-state index contributed by atoms with van der Waals surface area (Å²) in [6.45, 7) is 0.648. The molecule has 2 N–H and O–H groups in total. The SMILES string of the molecule is O=C1CCC(C(=O)NCCCc2nc3c(s2)CCCC3)N1. The lowest BCUT2D eigenvalue weighted by atomic mass is 10.0. The van der Waals surface area contributed by atoms with Crippen LogP contribution in [0.4, 0.5) is 0 Å². The fourth-order valence-electron chi connectivity index (χ4n) is 2.90. The van der Waals surface area contributed by atoms with Crippen LogP contribution in [0.2, 0.25) is 0 Å². The summed E-state index contributed by atoms with van der Waals surface area (Å²) in [7, 11) is 0. The van der Waals surface area contributed by atoms with Crippen LogP contribution in [0.3, 0.4) is 0 Å². The molecular weight excluding hydrogens is 286 g/mol. The molecule has 5 nitrogen and oxygen atoms in total. The number of hydrogen-bond acceptors (Lipinski definition) is 4. The third kappa shape index (κ3) is 3.61. The van der Waals surface area contributed by atoms with Crippen LogP contribution in [-0.2, 0) is 28.9 Å². The first kappa shape index (κ1) is 14.5. The van der Waals surface area contributed by atoms with Crippen LogP contribution in [-0.4, -0.2) is 29.4 Å². The van der Waals surface area contributed by atoms with E-state index in [0.29, 0.717) is 19.4 Å². The summed E-state index contributed by atoms with van der Waals surface area (Å²) >= 11 is 1.84. The lowest BCUT2D eigenvalue weighted by Gasteiger charge is -2.10. The van der Waals surface area contributed by atoms with Gasteiger partial charge in [0.15, 0.2) is 0 Å². The number of aromatic nitrogens is 1. The van der Waals surface area contributed by atoms with Gasteiger partial charge in [-0.1, -0.05) is 0 Å². The van der Waals surface area contributed by atoms with Crippen molar-refractivity contribution < 1.29 is 9.59 Å². The number of nitrogens with one attached hydrogen (secondary N) is 2. The molecule has 1 fully saturated rings. The average Bonchev–Trinajstić information content (AvgIpc) is 3.09. The fraction of sp³-hybridized carbons (Fsp3) is 0.667. The molecule has 1 aromatic rings. The lowest BCUT2D eigenvalue weighted by molar-refractivity contribution is -0.125. The summed E-state index contributed by atoms with van der Waals surface area (Å²) in [6.07, 6.45) is 7.77. The first-order valence-electron chi connectivity index (χ1n) is 7.77. The summed E-state index contributed by atoms with van der Waals surface area (Å²) < 4.78 is 0. The highest BCUT2D eigenvalue weighted by atomic mass is 32.1. The van der Waals surface area contributed by atoms with E-state index >= 15 is 0 Å². The summed E-state index contributed by atoms with van der Waals surface area (Å²) in [6, 6.07) is -0.329. The molecule has 1 aliphatic carbocycles. The Morgan fingerprint density at radius 2 is 2.19 bits per heavy atom. The molecule has 1 aliphatic heterocycles. The van der Waals surface area contributed by atoms with Crippen LogP contribution < -0.4 is 10.6 Å². The van der Waals surface area contributed by atoms with Crippen molar-refractivity contribution in [1.29, 1.82) is 0 Å². The fourth-order valence-corrected chi connectivity index (χ4v) is 4.10. The number of amides is 2. The van der Waals surface area contributed by atoms with Crippen molar-refractivity contribution in [3.8, 4) is 0 Å². The molecule has 0 saturated carbocycles. The van der Waals surface area contributed by atoms with Crippen molar-refractivity contribution in [2.45, 2.75) is 57.4 Å². The Morgan fingerprint density at radius 1 is 1.33 bits per heavy atom. The number of rotatable bonds is 5. The molecule has 0 radical (unpaired) electrons. The Labute approximate surface area is 128 Å². The minimum Gasteiger partial charge on any atom is -0.354 e. The summed E-state index contributed by atoms with van der Waals surface area (Å²) in [4.78, 5) is 29.1. The van der Waals surface area contributed by atoms with Crippen LogP contribution in [0.1, 0.15) is 47.7 Å². The van der Waals surface area contributed by atoms with Gasteiger partial charge in [0.25, 0.3) is 0 Å². The van der Waals surface area contributed by atoms with Crippen molar-refractivity contribution >= 4 is 23.2 Å². The quantitative estimate of drug-likeness (QED) is 0.807. The summed E-state index contributed by atoms with van der Waals surface area (Å²) in [5.41, 5.74) is 1.30. The lowest BCUT2D eigenvalue weighted by Crippen LogP contribution is -2.41.